The average Bonchev–Trinajstić information content (AvgIpc) is 2.79. The van der Waals surface area contributed by atoms with Crippen molar-refractivity contribution in [2.75, 3.05) is 0 Å². The van der Waals surface area contributed by atoms with Crippen molar-refractivity contribution in [2.24, 2.45) is 0 Å². The number of nitro groups is 1. The maximum absolute atomic E-state index is 13.6. The van der Waals surface area contributed by atoms with Gasteiger partial charge >= 0.3 is 6.18 Å². The fraction of sp³-hybridized carbons (Fsp3) is 0.0870. The van der Waals surface area contributed by atoms with E-state index in [-0.39, 0.29) is 34.8 Å². The molecular formula is C23H14F3NO6. The molecule has 0 spiro atoms. The molecule has 0 saturated carbocycles. The van der Waals surface area contributed by atoms with E-state index in [1.54, 1.807) is 18.2 Å². The topological polar surface area (TPSA) is 91.8 Å². The summed E-state index contributed by atoms with van der Waals surface area (Å²) in [5.74, 6) is -2.32. The summed E-state index contributed by atoms with van der Waals surface area (Å²) in [4.78, 5) is 23.0. The van der Waals surface area contributed by atoms with Crippen LogP contribution in [0.5, 0.6) is 17.2 Å². The molecule has 0 fully saturated rings. The molecular weight excluding hydrogens is 443 g/mol. The van der Waals surface area contributed by atoms with Crippen molar-refractivity contribution in [1.29, 1.82) is 0 Å². The minimum Gasteiger partial charge on any atom is -0.489 e. The molecule has 3 aromatic carbocycles. The lowest BCUT2D eigenvalue weighted by molar-refractivity contribution is -0.384. The van der Waals surface area contributed by atoms with Crippen LogP contribution in [0.15, 0.2) is 82.0 Å². The number of para-hydroxylation sites is 1. The lowest BCUT2D eigenvalue weighted by Crippen LogP contribution is -2.15. The number of non-ortho nitro benzene ring substituents is 1. The van der Waals surface area contributed by atoms with Gasteiger partial charge in [-0.3, -0.25) is 14.9 Å². The van der Waals surface area contributed by atoms with E-state index in [0.717, 1.165) is 0 Å². The highest BCUT2D eigenvalue weighted by molar-refractivity contribution is 5.79. The first-order valence-electron chi connectivity index (χ1n) is 9.49. The minimum atomic E-state index is -4.98. The number of ether oxygens (including phenoxy) is 2. The molecule has 0 amide bonds. The van der Waals surface area contributed by atoms with E-state index in [0.29, 0.717) is 5.56 Å². The van der Waals surface area contributed by atoms with Crippen molar-refractivity contribution in [3.63, 3.8) is 0 Å². The quantitative estimate of drug-likeness (QED) is 0.257. The van der Waals surface area contributed by atoms with E-state index in [1.807, 2.05) is 0 Å². The first-order valence-corrected chi connectivity index (χ1v) is 9.49. The minimum absolute atomic E-state index is 0.00490. The number of nitrogens with zero attached hydrogens (tertiary/aromatic N) is 1. The number of halogens is 3. The molecule has 0 aliphatic carbocycles. The van der Waals surface area contributed by atoms with Gasteiger partial charge in [0, 0.05) is 18.2 Å². The Balaban J connectivity index is 1.66. The fourth-order valence-electron chi connectivity index (χ4n) is 3.01. The van der Waals surface area contributed by atoms with Gasteiger partial charge < -0.3 is 13.9 Å². The summed E-state index contributed by atoms with van der Waals surface area (Å²) < 4.78 is 56.7. The Labute approximate surface area is 183 Å². The number of hydrogen-bond donors (Lipinski definition) is 0. The average molecular weight is 457 g/mol. The Morgan fingerprint density at radius 3 is 2.27 bits per heavy atom. The molecule has 0 atom stereocenters. The summed E-state index contributed by atoms with van der Waals surface area (Å²) in [7, 11) is 0. The zero-order valence-corrected chi connectivity index (χ0v) is 16.7. The molecule has 0 aliphatic rings. The summed E-state index contributed by atoms with van der Waals surface area (Å²) in [6.45, 7) is -0.00490. The van der Waals surface area contributed by atoms with Crippen LogP contribution in [0.3, 0.4) is 0 Å². The van der Waals surface area contributed by atoms with Crippen LogP contribution in [0.4, 0.5) is 18.9 Å². The fourth-order valence-corrected chi connectivity index (χ4v) is 3.01. The SMILES string of the molecule is O=c1c(Oc2ccccc2)c(C(F)(F)F)oc2cc(OCc3ccc([N+](=O)[O-])cc3)ccc12. The Morgan fingerprint density at radius 2 is 1.64 bits per heavy atom. The molecule has 4 rings (SSSR count). The van der Waals surface area contributed by atoms with E-state index < -0.39 is 28.0 Å². The molecule has 1 heterocycles. The Hall–Kier alpha value is -4.34. The van der Waals surface area contributed by atoms with Crippen molar-refractivity contribution in [3.8, 4) is 17.2 Å². The molecule has 1 aromatic heterocycles. The van der Waals surface area contributed by atoms with Crippen LogP contribution in [0.1, 0.15) is 11.3 Å². The van der Waals surface area contributed by atoms with Crippen molar-refractivity contribution >= 4 is 16.7 Å². The molecule has 0 N–H and O–H groups in total. The maximum Gasteiger partial charge on any atom is 0.453 e. The molecule has 4 aromatic rings. The van der Waals surface area contributed by atoms with Gasteiger partial charge in [-0.25, -0.2) is 0 Å². The van der Waals surface area contributed by atoms with Gasteiger partial charge in [-0.05, 0) is 42.0 Å². The number of hydrogen-bond acceptors (Lipinski definition) is 6. The highest BCUT2D eigenvalue weighted by Gasteiger charge is 2.40. The first-order chi connectivity index (χ1) is 15.7. The van der Waals surface area contributed by atoms with Crippen LogP contribution in [0.25, 0.3) is 11.0 Å². The molecule has 10 heteroatoms. The largest absolute Gasteiger partial charge is 0.489 e. The summed E-state index contributed by atoms with van der Waals surface area (Å²) in [5, 5.41) is 10.6. The van der Waals surface area contributed by atoms with E-state index in [4.69, 9.17) is 13.9 Å². The van der Waals surface area contributed by atoms with Crippen LogP contribution >= 0.6 is 0 Å². The molecule has 33 heavy (non-hydrogen) atoms. The number of fused-ring (bicyclic) bond motifs is 1. The summed E-state index contributed by atoms with van der Waals surface area (Å²) in [6, 6.07) is 17.1. The van der Waals surface area contributed by atoms with Gasteiger partial charge in [0.15, 0.2) is 0 Å². The van der Waals surface area contributed by atoms with Crippen LogP contribution in [-0.4, -0.2) is 4.92 Å². The van der Waals surface area contributed by atoms with Crippen LogP contribution in [0.2, 0.25) is 0 Å². The van der Waals surface area contributed by atoms with Crippen molar-refractivity contribution in [2.45, 2.75) is 12.8 Å². The van der Waals surface area contributed by atoms with E-state index in [2.05, 4.69) is 0 Å². The maximum atomic E-state index is 13.6. The third-order valence-corrected chi connectivity index (χ3v) is 4.60. The summed E-state index contributed by atoms with van der Waals surface area (Å²) in [5.41, 5.74) is -0.785. The lowest BCUT2D eigenvalue weighted by atomic mass is 10.2. The highest BCUT2D eigenvalue weighted by atomic mass is 19.4. The number of nitro benzene ring substituents is 1. The third-order valence-electron chi connectivity index (χ3n) is 4.60. The monoisotopic (exact) mass is 457 g/mol. The smallest absolute Gasteiger partial charge is 0.453 e. The van der Waals surface area contributed by atoms with E-state index >= 15 is 0 Å². The molecule has 0 aliphatic heterocycles. The van der Waals surface area contributed by atoms with E-state index in [9.17, 15) is 28.1 Å². The Kier molecular flexibility index (Phi) is 5.74. The van der Waals surface area contributed by atoms with Crippen molar-refractivity contribution in [1.82, 2.24) is 0 Å². The number of benzene rings is 3. The number of rotatable bonds is 6. The van der Waals surface area contributed by atoms with Gasteiger partial charge in [0.2, 0.25) is 11.2 Å². The van der Waals surface area contributed by atoms with Crippen LogP contribution in [-0.2, 0) is 12.8 Å². The standard InChI is InChI=1S/C23H14F3NO6/c24-23(25,26)22-21(32-16-4-2-1-3-5-16)20(28)18-11-10-17(12-19(18)33-22)31-13-14-6-8-15(9-7-14)27(29)30/h1-12H,13H2. The second kappa shape index (κ2) is 8.65. The third kappa shape index (κ3) is 4.79. The second-order valence-electron chi connectivity index (χ2n) is 6.87. The lowest BCUT2D eigenvalue weighted by Gasteiger charge is -2.14. The zero-order valence-electron chi connectivity index (χ0n) is 16.7. The van der Waals surface area contributed by atoms with Crippen molar-refractivity contribution in [3.05, 3.63) is 104 Å². The summed E-state index contributed by atoms with van der Waals surface area (Å²) >= 11 is 0. The van der Waals surface area contributed by atoms with Gasteiger partial charge in [0.1, 0.15) is 23.7 Å². The normalized spacial score (nSPS) is 11.4. The molecule has 0 radical (unpaired) electrons. The predicted octanol–water partition coefficient (Wildman–Crippen LogP) is 6.09. The van der Waals surface area contributed by atoms with Crippen LogP contribution < -0.4 is 14.9 Å². The summed E-state index contributed by atoms with van der Waals surface area (Å²) in [6.07, 6.45) is -4.98. The van der Waals surface area contributed by atoms with Gasteiger partial charge in [-0.2, -0.15) is 13.2 Å². The molecule has 7 nitrogen and oxygen atoms in total. The van der Waals surface area contributed by atoms with Crippen LogP contribution in [0, 0.1) is 10.1 Å². The molecule has 168 valence electrons. The zero-order chi connectivity index (χ0) is 23.6. The first kappa shape index (κ1) is 21.9. The molecule has 0 saturated heterocycles. The Morgan fingerprint density at radius 1 is 0.939 bits per heavy atom. The predicted molar refractivity (Wildman–Crippen MR) is 111 cm³/mol. The van der Waals surface area contributed by atoms with Gasteiger partial charge in [-0.1, -0.05) is 18.2 Å². The van der Waals surface area contributed by atoms with E-state index in [1.165, 1.54) is 54.6 Å². The second-order valence-corrected chi connectivity index (χ2v) is 6.87. The molecule has 0 unspecified atom stereocenters. The van der Waals surface area contributed by atoms with Crippen molar-refractivity contribution < 1.29 is 32.0 Å². The Bertz CT molecular complexity index is 1370. The molecule has 0 bridgehead atoms. The van der Waals surface area contributed by atoms with Gasteiger partial charge in [-0.15, -0.1) is 0 Å². The van der Waals surface area contributed by atoms with Gasteiger partial charge in [0.25, 0.3) is 11.4 Å². The van der Waals surface area contributed by atoms with Gasteiger partial charge in [0.05, 0.1) is 10.3 Å². The number of alkyl halides is 3. The highest BCUT2D eigenvalue weighted by Crippen LogP contribution is 2.38.